The molecule has 0 unspecified atom stereocenters. The fourth-order valence-corrected chi connectivity index (χ4v) is 2.48. The number of aromatic carboxylic acids is 1. The Morgan fingerprint density at radius 3 is 2.37 bits per heavy atom. The summed E-state index contributed by atoms with van der Waals surface area (Å²) in [7, 11) is -3.31. The van der Waals surface area contributed by atoms with Gasteiger partial charge < -0.3 is 5.11 Å². The average Bonchev–Trinajstić information content (AvgIpc) is 2.38. The maximum atomic E-state index is 11.5. The second kappa shape index (κ2) is 4.85. The lowest BCUT2D eigenvalue weighted by atomic mass is 10.00. The molecular formula is C14H12O4S. The first-order valence-electron chi connectivity index (χ1n) is 5.52. The highest BCUT2D eigenvalue weighted by Crippen LogP contribution is 2.25. The van der Waals surface area contributed by atoms with Crippen LogP contribution >= 0.6 is 0 Å². The van der Waals surface area contributed by atoms with Crippen molar-refractivity contribution in [1.82, 2.24) is 0 Å². The molecule has 0 saturated carbocycles. The molecule has 0 heterocycles. The number of carboxylic acids is 1. The van der Waals surface area contributed by atoms with Crippen LogP contribution < -0.4 is 0 Å². The molecule has 0 spiro atoms. The minimum atomic E-state index is -3.31. The molecule has 0 aliphatic rings. The van der Waals surface area contributed by atoms with Crippen molar-refractivity contribution in [3.63, 3.8) is 0 Å². The minimum Gasteiger partial charge on any atom is -0.478 e. The summed E-state index contributed by atoms with van der Waals surface area (Å²) in [6.45, 7) is 0. The predicted molar refractivity (Wildman–Crippen MR) is 71.9 cm³/mol. The summed E-state index contributed by atoms with van der Waals surface area (Å²) in [4.78, 5) is 11.3. The smallest absolute Gasteiger partial charge is 0.336 e. The van der Waals surface area contributed by atoms with Crippen molar-refractivity contribution in [3.05, 3.63) is 54.1 Å². The maximum absolute atomic E-state index is 11.5. The van der Waals surface area contributed by atoms with Crippen molar-refractivity contribution in [2.75, 3.05) is 6.26 Å². The highest BCUT2D eigenvalue weighted by molar-refractivity contribution is 7.90. The lowest BCUT2D eigenvalue weighted by Gasteiger charge is -2.07. The minimum absolute atomic E-state index is 0.146. The Morgan fingerprint density at radius 1 is 1.05 bits per heavy atom. The van der Waals surface area contributed by atoms with E-state index in [4.69, 9.17) is 5.11 Å². The SMILES string of the molecule is CS(=O)(=O)c1cccc(-c2ccccc2C(=O)O)c1. The van der Waals surface area contributed by atoms with Crippen molar-refractivity contribution in [1.29, 1.82) is 0 Å². The third-order valence-corrected chi connectivity index (χ3v) is 3.84. The Hall–Kier alpha value is -2.14. The van der Waals surface area contributed by atoms with E-state index in [1.54, 1.807) is 30.3 Å². The Morgan fingerprint density at radius 2 is 1.74 bits per heavy atom. The molecule has 0 atom stereocenters. The van der Waals surface area contributed by atoms with Crippen molar-refractivity contribution < 1.29 is 18.3 Å². The molecule has 0 bridgehead atoms. The lowest BCUT2D eigenvalue weighted by molar-refractivity contribution is 0.0697. The Bertz CT molecular complexity index is 733. The third kappa shape index (κ3) is 2.82. The number of hydrogen-bond donors (Lipinski definition) is 1. The Labute approximate surface area is 111 Å². The van der Waals surface area contributed by atoms with Crippen molar-refractivity contribution in [2.45, 2.75) is 4.90 Å². The van der Waals surface area contributed by atoms with Gasteiger partial charge in [0.1, 0.15) is 0 Å². The zero-order chi connectivity index (χ0) is 14.0. The van der Waals surface area contributed by atoms with E-state index < -0.39 is 15.8 Å². The van der Waals surface area contributed by atoms with E-state index in [0.29, 0.717) is 11.1 Å². The summed E-state index contributed by atoms with van der Waals surface area (Å²) in [6, 6.07) is 12.8. The molecule has 5 heteroatoms. The van der Waals surface area contributed by atoms with Gasteiger partial charge in [-0.15, -0.1) is 0 Å². The Balaban J connectivity index is 2.64. The second-order valence-electron chi connectivity index (χ2n) is 4.15. The van der Waals surface area contributed by atoms with Crippen LogP contribution in [-0.4, -0.2) is 25.7 Å². The molecule has 0 aliphatic heterocycles. The molecule has 0 fully saturated rings. The van der Waals surface area contributed by atoms with Gasteiger partial charge in [-0.2, -0.15) is 0 Å². The van der Waals surface area contributed by atoms with E-state index in [1.165, 1.54) is 18.2 Å². The van der Waals surface area contributed by atoms with Gasteiger partial charge in [-0.05, 0) is 29.3 Å². The van der Waals surface area contributed by atoms with Crippen molar-refractivity contribution >= 4 is 15.8 Å². The zero-order valence-corrected chi connectivity index (χ0v) is 11.0. The molecule has 19 heavy (non-hydrogen) atoms. The van der Waals surface area contributed by atoms with Crippen LogP contribution in [0.1, 0.15) is 10.4 Å². The molecular weight excluding hydrogens is 264 g/mol. The van der Waals surface area contributed by atoms with Crippen LogP contribution in [-0.2, 0) is 9.84 Å². The number of hydrogen-bond acceptors (Lipinski definition) is 3. The zero-order valence-electron chi connectivity index (χ0n) is 10.2. The van der Waals surface area contributed by atoms with Crippen molar-refractivity contribution in [2.24, 2.45) is 0 Å². The quantitative estimate of drug-likeness (QED) is 0.934. The molecule has 1 N–H and O–H groups in total. The largest absolute Gasteiger partial charge is 0.478 e. The van der Waals surface area contributed by atoms with Gasteiger partial charge in [0.25, 0.3) is 0 Å². The molecule has 0 aliphatic carbocycles. The first kappa shape index (κ1) is 13.3. The van der Waals surface area contributed by atoms with Crippen LogP contribution in [0.2, 0.25) is 0 Å². The molecule has 0 aromatic heterocycles. The standard InChI is InChI=1S/C14H12O4S/c1-19(17,18)11-6-4-5-10(9-11)12-7-2-3-8-13(12)14(15)16/h2-9H,1H3,(H,15,16). The molecule has 2 rings (SSSR count). The van der Waals surface area contributed by atoms with Crippen LogP contribution in [0, 0.1) is 0 Å². The predicted octanol–water partition coefficient (Wildman–Crippen LogP) is 2.46. The van der Waals surface area contributed by atoms with Gasteiger partial charge >= 0.3 is 5.97 Å². The third-order valence-electron chi connectivity index (χ3n) is 2.73. The highest BCUT2D eigenvalue weighted by atomic mass is 32.2. The normalized spacial score (nSPS) is 11.2. The number of carbonyl (C=O) groups is 1. The number of benzene rings is 2. The number of carboxylic acid groups (broad SMARTS) is 1. The molecule has 4 nitrogen and oxygen atoms in total. The van der Waals surface area contributed by atoms with Gasteiger partial charge in [0.2, 0.25) is 0 Å². The van der Waals surface area contributed by atoms with E-state index in [9.17, 15) is 13.2 Å². The average molecular weight is 276 g/mol. The fourth-order valence-electron chi connectivity index (χ4n) is 1.82. The number of sulfone groups is 1. The van der Waals surface area contributed by atoms with Gasteiger partial charge in [0.05, 0.1) is 10.5 Å². The molecule has 0 radical (unpaired) electrons. The first-order chi connectivity index (χ1) is 8.89. The number of rotatable bonds is 3. The monoisotopic (exact) mass is 276 g/mol. The topological polar surface area (TPSA) is 71.4 Å². The molecule has 2 aromatic rings. The lowest BCUT2D eigenvalue weighted by Crippen LogP contribution is -2.00. The molecule has 98 valence electrons. The van der Waals surface area contributed by atoms with Crippen LogP contribution in [0.25, 0.3) is 11.1 Å². The summed E-state index contributed by atoms with van der Waals surface area (Å²) in [5, 5.41) is 9.14. The van der Waals surface area contributed by atoms with E-state index in [2.05, 4.69) is 0 Å². The van der Waals surface area contributed by atoms with Crippen molar-refractivity contribution in [3.8, 4) is 11.1 Å². The summed E-state index contributed by atoms with van der Waals surface area (Å²) in [5.41, 5.74) is 1.22. The maximum Gasteiger partial charge on any atom is 0.336 e. The van der Waals surface area contributed by atoms with Crippen LogP contribution in [0.3, 0.4) is 0 Å². The van der Waals surface area contributed by atoms with E-state index in [0.717, 1.165) is 6.26 Å². The van der Waals surface area contributed by atoms with Gasteiger partial charge in [-0.25, -0.2) is 13.2 Å². The second-order valence-corrected chi connectivity index (χ2v) is 6.17. The van der Waals surface area contributed by atoms with Crippen LogP contribution in [0.4, 0.5) is 0 Å². The summed E-state index contributed by atoms with van der Waals surface area (Å²) in [6.07, 6.45) is 1.12. The van der Waals surface area contributed by atoms with E-state index in [1.807, 2.05) is 0 Å². The Kier molecular flexibility index (Phi) is 3.40. The van der Waals surface area contributed by atoms with Gasteiger partial charge in [-0.3, -0.25) is 0 Å². The molecule has 0 saturated heterocycles. The van der Waals surface area contributed by atoms with E-state index in [-0.39, 0.29) is 10.5 Å². The molecule has 2 aromatic carbocycles. The van der Waals surface area contributed by atoms with Gasteiger partial charge in [0.15, 0.2) is 9.84 Å². The molecule has 0 amide bonds. The van der Waals surface area contributed by atoms with Gasteiger partial charge in [-0.1, -0.05) is 30.3 Å². The van der Waals surface area contributed by atoms with E-state index >= 15 is 0 Å². The van der Waals surface area contributed by atoms with Crippen LogP contribution in [0.15, 0.2) is 53.4 Å². The van der Waals surface area contributed by atoms with Crippen LogP contribution in [0.5, 0.6) is 0 Å². The van der Waals surface area contributed by atoms with Gasteiger partial charge in [0, 0.05) is 6.26 Å². The summed E-state index contributed by atoms with van der Waals surface area (Å²) >= 11 is 0. The summed E-state index contributed by atoms with van der Waals surface area (Å²) in [5.74, 6) is -1.04. The highest BCUT2D eigenvalue weighted by Gasteiger charge is 2.13. The fraction of sp³-hybridized carbons (Fsp3) is 0.0714. The summed E-state index contributed by atoms with van der Waals surface area (Å²) < 4.78 is 23.0. The first-order valence-corrected chi connectivity index (χ1v) is 7.41.